The predicted octanol–water partition coefficient (Wildman–Crippen LogP) is 1.99. The summed E-state index contributed by atoms with van der Waals surface area (Å²) in [5.41, 5.74) is 0. The Balaban J connectivity index is 1.91. The molecule has 0 aromatic carbocycles. The van der Waals surface area contributed by atoms with E-state index >= 15 is 0 Å². The highest BCUT2D eigenvalue weighted by Crippen LogP contribution is 2.28. The molecular weight excluding hydrogens is 250 g/mol. The fraction of sp³-hybridized carbons (Fsp3) is 0.846. The summed E-state index contributed by atoms with van der Waals surface area (Å²) >= 11 is 1.62. The minimum atomic E-state index is -0.862. The van der Waals surface area contributed by atoms with Crippen LogP contribution in [0.25, 0.3) is 0 Å². The first-order valence-corrected chi connectivity index (χ1v) is 7.94. The summed E-state index contributed by atoms with van der Waals surface area (Å²) in [4.78, 5) is 25.0. The number of carbonyl (C=O) groups excluding carboxylic acids is 1. The van der Waals surface area contributed by atoms with Crippen LogP contribution < -0.4 is 0 Å². The molecule has 1 unspecified atom stereocenters. The van der Waals surface area contributed by atoms with Gasteiger partial charge in [-0.15, -0.1) is 0 Å². The second-order valence-electron chi connectivity index (χ2n) is 5.22. The lowest BCUT2D eigenvalue weighted by atomic mass is 9.86. The third-order valence-corrected chi connectivity index (χ3v) is 4.94. The van der Waals surface area contributed by atoms with E-state index in [1.807, 2.05) is 0 Å². The molecule has 1 saturated carbocycles. The molecule has 1 N–H and O–H groups in total. The van der Waals surface area contributed by atoms with Crippen LogP contribution in [0.3, 0.4) is 0 Å². The third kappa shape index (κ3) is 3.40. The van der Waals surface area contributed by atoms with E-state index in [1.165, 1.54) is 19.3 Å². The standard InChI is InChI=1S/C13H21NO3S/c15-12(8-10-4-2-1-3-5-10)14-6-7-18-9-11(14)13(16)17/h10-11H,1-9H2,(H,16,17). The van der Waals surface area contributed by atoms with E-state index in [-0.39, 0.29) is 5.91 Å². The molecule has 2 fully saturated rings. The van der Waals surface area contributed by atoms with Gasteiger partial charge in [0.1, 0.15) is 6.04 Å². The van der Waals surface area contributed by atoms with Crippen LogP contribution in [0, 0.1) is 5.92 Å². The molecule has 18 heavy (non-hydrogen) atoms. The van der Waals surface area contributed by atoms with Crippen LogP contribution in [0.15, 0.2) is 0 Å². The Morgan fingerprint density at radius 3 is 2.61 bits per heavy atom. The van der Waals surface area contributed by atoms with Crippen LogP contribution in [0.5, 0.6) is 0 Å². The van der Waals surface area contributed by atoms with E-state index in [2.05, 4.69) is 0 Å². The fourth-order valence-corrected chi connectivity index (χ4v) is 3.90. The van der Waals surface area contributed by atoms with Crippen molar-refractivity contribution in [1.29, 1.82) is 0 Å². The number of aliphatic carboxylic acids is 1. The lowest BCUT2D eigenvalue weighted by Crippen LogP contribution is -2.50. The number of carboxylic acid groups (broad SMARTS) is 1. The highest BCUT2D eigenvalue weighted by molar-refractivity contribution is 7.99. The van der Waals surface area contributed by atoms with Gasteiger partial charge in [-0.3, -0.25) is 4.79 Å². The Labute approximate surface area is 112 Å². The maximum absolute atomic E-state index is 12.2. The zero-order valence-electron chi connectivity index (χ0n) is 10.6. The molecule has 4 nitrogen and oxygen atoms in total. The minimum Gasteiger partial charge on any atom is -0.480 e. The maximum atomic E-state index is 12.2. The number of hydrogen-bond acceptors (Lipinski definition) is 3. The molecule has 0 bridgehead atoms. The number of carbonyl (C=O) groups is 2. The quantitative estimate of drug-likeness (QED) is 0.853. The molecule has 1 amide bonds. The summed E-state index contributed by atoms with van der Waals surface area (Å²) in [5, 5.41) is 9.16. The van der Waals surface area contributed by atoms with E-state index in [1.54, 1.807) is 16.7 Å². The van der Waals surface area contributed by atoms with Crippen molar-refractivity contribution >= 4 is 23.6 Å². The van der Waals surface area contributed by atoms with Gasteiger partial charge < -0.3 is 10.0 Å². The normalized spacial score (nSPS) is 26.0. The van der Waals surface area contributed by atoms with Crippen LogP contribution in [-0.4, -0.2) is 46.0 Å². The van der Waals surface area contributed by atoms with E-state index in [4.69, 9.17) is 5.11 Å². The van der Waals surface area contributed by atoms with Crippen LogP contribution in [0.4, 0.5) is 0 Å². The Bertz CT molecular complexity index is 315. The van der Waals surface area contributed by atoms with Gasteiger partial charge in [-0.2, -0.15) is 11.8 Å². The molecule has 1 aliphatic carbocycles. The average molecular weight is 271 g/mol. The summed E-state index contributed by atoms with van der Waals surface area (Å²) in [5.74, 6) is 1.07. The molecule has 5 heteroatoms. The molecule has 0 aromatic rings. The summed E-state index contributed by atoms with van der Waals surface area (Å²) in [7, 11) is 0. The topological polar surface area (TPSA) is 57.6 Å². The van der Waals surface area contributed by atoms with Crippen molar-refractivity contribution in [3.8, 4) is 0 Å². The van der Waals surface area contributed by atoms with Crippen molar-refractivity contribution < 1.29 is 14.7 Å². The second-order valence-corrected chi connectivity index (χ2v) is 6.37. The molecule has 2 aliphatic rings. The van der Waals surface area contributed by atoms with Gasteiger partial charge in [-0.1, -0.05) is 19.3 Å². The van der Waals surface area contributed by atoms with Gasteiger partial charge in [0.25, 0.3) is 0 Å². The molecule has 1 saturated heterocycles. The molecule has 2 rings (SSSR count). The number of hydrogen-bond donors (Lipinski definition) is 1. The SMILES string of the molecule is O=C(O)C1CSCCN1C(=O)CC1CCCCC1. The van der Waals surface area contributed by atoms with Crippen molar-refractivity contribution in [2.24, 2.45) is 5.92 Å². The molecule has 0 spiro atoms. The second kappa shape index (κ2) is 6.45. The fourth-order valence-electron chi connectivity index (χ4n) is 2.86. The molecule has 1 atom stereocenters. The molecule has 1 aliphatic heterocycles. The Hall–Kier alpha value is -0.710. The van der Waals surface area contributed by atoms with Gasteiger partial charge >= 0.3 is 5.97 Å². The number of amides is 1. The van der Waals surface area contributed by atoms with Crippen molar-refractivity contribution in [1.82, 2.24) is 4.90 Å². The van der Waals surface area contributed by atoms with Crippen molar-refractivity contribution in [2.75, 3.05) is 18.1 Å². The van der Waals surface area contributed by atoms with Crippen LogP contribution in [-0.2, 0) is 9.59 Å². The highest BCUT2D eigenvalue weighted by Gasteiger charge is 2.33. The van der Waals surface area contributed by atoms with Gasteiger partial charge in [0, 0.05) is 24.5 Å². The van der Waals surface area contributed by atoms with Crippen LogP contribution >= 0.6 is 11.8 Å². The smallest absolute Gasteiger partial charge is 0.327 e. The molecule has 1 heterocycles. The number of thioether (sulfide) groups is 1. The number of rotatable bonds is 3. The first-order valence-electron chi connectivity index (χ1n) is 6.78. The first-order chi connectivity index (χ1) is 8.68. The highest BCUT2D eigenvalue weighted by atomic mass is 32.2. The molecule has 0 radical (unpaired) electrons. The summed E-state index contributed by atoms with van der Waals surface area (Å²) < 4.78 is 0. The van der Waals surface area contributed by atoms with Crippen molar-refractivity contribution in [2.45, 2.75) is 44.6 Å². The molecular formula is C13H21NO3S. The van der Waals surface area contributed by atoms with Crippen LogP contribution in [0.2, 0.25) is 0 Å². The summed E-state index contributed by atoms with van der Waals surface area (Å²) in [6.07, 6.45) is 6.53. The minimum absolute atomic E-state index is 0.0506. The Kier molecular flexibility index (Phi) is 4.92. The largest absolute Gasteiger partial charge is 0.480 e. The monoisotopic (exact) mass is 271 g/mol. The van der Waals surface area contributed by atoms with Crippen molar-refractivity contribution in [3.05, 3.63) is 0 Å². The van der Waals surface area contributed by atoms with Gasteiger partial charge in [0.2, 0.25) is 5.91 Å². The lowest BCUT2D eigenvalue weighted by Gasteiger charge is -2.34. The van der Waals surface area contributed by atoms with Gasteiger partial charge in [-0.25, -0.2) is 4.79 Å². The lowest BCUT2D eigenvalue weighted by molar-refractivity contribution is -0.149. The summed E-state index contributed by atoms with van der Waals surface area (Å²) in [6.45, 7) is 0.590. The number of carboxylic acids is 1. The predicted molar refractivity (Wildman–Crippen MR) is 71.7 cm³/mol. The van der Waals surface area contributed by atoms with Crippen molar-refractivity contribution in [3.63, 3.8) is 0 Å². The van der Waals surface area contributed by atoms with Gasteiger partial charge in [0.05, 0.1) is 0 Å². The zero-order chi connectivity index (χ0) is 13.0. The Morgan fingerprint density at radius 2 is 1.94 bits per heavy atom. The maximum Gasteiger partial charge on any atom is 0.327 e. The van der Waals surface area contributed by atoms with Gasteiger partial charge in [-0.05, 0) is 18.8 Å². The molecule has 102 valence electrons. The van der Waals surface area contributed by atoms with E-state index in [0.29, 0.717) is 24.6 Å². The van der Waals surface area contributed by atoms with E-state index in [9.17, 15) is 9.59 Å². The number of nitrogens with zero attached hydrogens (tertiary/aromatic N) is 1. The summed E-state index contributed by atoms with van der Waals surface area (Å²) in [6, 6.07) is -0.611. The van der Waals surface area contributed by atoms with Gasteiger partial charge in [0.15, 0.2) is 0 Å². The average Bonchev–Trinajstić information content (AvgIpc) is 2.40. The van der Waals surface area contributed by atoms with E-state index in [0.717, 1.165) is 18.6 Å². The van der Waals surface area contributed by atoms with E-state index < -0.39 is 12.0 Å². The Morgan fingerprint density at radius 1 is 1.22 bits per heavy atom. The molecule has 0 aromatic heterocycles. The first kappa shape index (κ1) is 13.7. The van der Waals surface area contributed by atoms with Crippen LogP contribution in [0.1, 0.15) is 38.5 Å². The zero-order valence-corrected chi connectivity index (χ0v) is 11.5. The third-order valence-electron chi connectivity index (χ3n) is 3.92.